The van der Waals surface area contributed by atoms with Gasteiger partial charge in [0.1, 0.15) is 0 Å². The van der Waals surface area contributed by atoms with Crippen molar-refractivity contribution >= 4 is 63.4 Å². The molecule has 0 heterocycles. The molecule has 0 aliphatic carbocycles. The maximum atomic E-state index is 12.5. The minimum atomic E-state index is -0.453. The summed E-state index contributed by atoms with van der Waals surface area (Å²) in [5, 5.41) is 9.48. The second-order valence-electron chi connectivity index (χ2n) is 6.12. The largest absolute Gasteiger partial charge is 0.280 e. The van der Waals surface area contributed by atoms with Gasteiger partial charge in [-0.25, -0.2) is 10.9 Å². The zero-order valence-corrected chi connectivity index (χ0v) is 19.1. The minimum Gasteiger partial charge on any atom is -0.267 e. The number of carbonyl (C=O) groups is 1. The normalized spacial score (nSPS) is 10.9. The van der Waals surface area contributed by atoms with E-state index >= 15 is 0 Å². The number of nitrogens with one attached hydrogen (secondary N) is 2. The lowest BCUT2D eigenvalue weighted by atomic mass is 10.2. The molecule has 0 fully saturated rings. The number of aliphatic imine (C=N–C) groups is 1. The molecule has 0 atom stereocenters. The van der Waals surface area contributed by atoms with Crippen LogP contribution in [0.5, 0.6) is 0 Å². The van der Waals surface area contributed by atoms with E-state index in [1.165, 1.54) is 0 Å². The molecule has 9 heteroatoms. The van der Waals surface area contributed by atoms with Gasteiger partial charge >= 0.3 is 0 Å². The van der Waals surface area contributed by atoms with E-state index < -0.39 is 5.91 Å². The monoisotopic (exact) mass is 515 g/mol. The van der Waals surface area contributed by atoms with Gasteiger partial charge in [0.15, 0.2) is 0 Å². The molecule has 0 aromatic heterocycles. The highest BCUT2D eigenvalue weighted by Crippen LogP contribution is 2.11. The van der Waals surface area contributed by atoms with Crippen molar-refractivity contribution in [3.63, 3.8) is 0 Å². The Balaban J connectivity index is 1.74. The van der Waals surface area contributed by atoms with Crippen LogP contribution in [-0.2, 0) is 0 Å². The Kier molecular flexibility index (Phi) is 8.35. The standard InChI is InChI=1S/C22H16BrCl2N5O/c23-18-7-5-17(6-8-18)21(31)28-22(29-26-13-15-1-9-19(24)10-2-15)30-27-14-16-3-11-20(25)12-4-16/h1-14H,(H2,28,29,30,31). The Morgan fingerprint density at radius 2 is 1.19 bits per heavy atom. The summed E-state index contributed by atoms with van der Waals surface area (Å²) in [4.78, 5) is 16.5. The Bertz CT molecular complexity index is 1050. The van der Waals surface area contributed by atoms with Crippen molar-refractivity contribution in [1.82, 2.24) is 10.9 Å². The Morgan fingerprint density at radius 1 is 0.742 bits per heavy atom. The number of benzene rings is 3. The van der Waals surface area contributed by atoms with Crippen LogP contribution in [0, 0.1) is 0 Å². The van der Waals surface area contributed by atoms with Crippen LogP contribution in [0.1, 0.15) is 21.5 Å². The average Bonchev–Trinajstić information content (AvgIpc) is 2.77. The van der Waals surface area contributed by atoms with E-state index in [0.717, 1.165) is 15.6 Å². The van der Waals surface area contributed by atoms with E-state index in [-0.39, 0.29) is 5.96 Å². The lowest BCUT2D eigenvalue weighted by Gasteiger charge is -2.05. The first kappa shape index (κ1) is 22.7. The average molecular weight is 517 g/mol. The summed E-state index contributed by atoms with van der Waals surface area (Å²) in [5.41, 5.74) is 7.46. The highest BCUT2D eigenvalue weighted by Gasteiger charge is 2.06. The van der Waals surface area contributed by atoms with E-state index in [9.17, 15) is 4.79 Å². The van der Waals surface area contributed by atoms with Gasteiger partial charge in [-0.2, -0.15) is 15.2 Å². The molecular formula is C22H16BrCl2N5O. The lowest BCUT2D eigenvalue weighted by Crippen LogP contribution is -2.32. The number of carbonyl (C=O) groups excluding carboxylic acids is 1. The summed E-state index contributed by atoms with van der Waals surface area (Å²) in [6.07, 6.45) is 3.14. The quantitative estimate of drug-likeness (QED) is 0.267. The first-order chi connectivity index (χ1) is 15.0. The third kappa shape index (κ3) is 7.64. The second kappa shape index (κ2) is 11.4. The molecule has 31 heavy (non-hydrogen) atoms. The fraction of sp³-hybridized carbons (Fsp3) is 0. The van der Waals surface area contributed by atoms with Crippen LogP contribution in [0.25, 0.3) is 0 Å². The van der Waals surface area contributed by atoms with Crippen molar-refractivity contribution in [2.24, 2.45) is 15.2 Å². The van der Waals surface area contributed by atoms with Gasteiger partial charge in [0, 0.05) is 20.1 Å². The van der Waals surface area contributed by atoms with Crippen molar-refractivity contribution in [3.8, 4) is 0 Å². The molecule has 3 aromatic carbocycles. The third-order valence-electron chi connectivity index (χ3n) is 3.81. The molecule has 6 nitrogen and oxygen atoms in total. The summed E-state index contributed by atoms with van der Waals surface area (Å²) < 4.78 is 0.865. The van der Waals surface area contributed by atoms with Crippen LogP contribution in [0.2, 0.25) is 10.0 Å². The summed E-state index contributed by atoms with van der Waals surface area (Å²) in [6.45, 7) is 0. The van der Waals surface area contributed by atoms with Crippen LogP contribution in [-0.4, -0.2) is 24.3 Å². The second-order valence-corrected chi connectivity index (χ2v) is 7.90. The van der Waals surface area contributed by atoms with Crippen LogP contribution >= 0.6 is 39.1 Å². The molecule has 0 unspecified atom stereocenters. The highest BCUT2D eigenvalue weighted by molar-refractivity contribution is 9.10. The molecule has 3 rings (SSSR count). The number of hydrogen-bond donors (Lipinski definition) is 2. The van der Waals surface area contributed by atoms with E-state index in [4.69, 9.17) is 23.2 Å². The predicted molar refractivity (Wildman–Crippen MR) is 130 cm³/mol. The fourth-order valence-electron chi connectivity index (χ4n) is 2.27. The topological polar surface area (TPSA) is 78.2 Å². The summed E-state index contributed by atoms with van der Waals surface area (Å²) >= 11 is 15.1. The van der Waals surface area contributed by atoms with E-state index in [1.807, 2.05) is 24.3 Å². The van der Waals surface area contributed by atoms with Crippen LogP contribution in [0.3, 0.4) is 0 Å². The minimum absolute atomic E-state index is 0.0587. The maximum absolute atomic E-state index is 12.5. The molecule has 0 spiro atoms. The molecule has 2 N–H and O–H groups in total. The molecule has 1 amide bonds. The van der Waals surface area contributed by atoms with E-state index in [2.05, 4.69) is 42.0 Å². The number of rotatable bonds is 5. The highest BCUT2D eigenvalue weighted by atomic mass is 79.9. The Hall–Kier alpha value is -3.00. The number of guanidine groups is 1. The van der Waals surface area contributed by atoms with Gasteiger partial charge in [0.2, 0.25) is 5.96 Å². The molecule has 0 saturated heterocycles. The molecule has 156 valence electrons. The first-order valence-electron chi connectivity index (χ1n) is 8.97. The molecule has 0 saturated carbocycles. The van der Waals surface area contributed by atoms with Crippen LogP contribution in [0.4, 0.5) is 0 Å². The SMILES string of the molecule is O=C(N=C(NN=Cc1ccc(Cl)cc1)NN=Cc1ccc(Cl)cc1)c1ccc(Br)cc1. The smallest absolute Gasteiger partial charge is 0.267 e. The molecular weight excluding hydrogens is 501 g/mol. The van der Waals surface area contributed by atoms with Crippen molar-refractivity contribution in [2.45, 2.75) is 0 Å². The zero-order chi connectivity index (χ0) is 22.1. The van der Waals surface area contributed by atoms with E-state index in [0.29, 0.717) is 15.6 Å². The Morgan fingerprint density at radius 3 is 1.65 bits per heavy atom. The Labute approximate surface area is 197 Å². The number of amides is 1. The molecule has 0 aliphatic heterocycles. The number of nitrogens with zero attached hydrogens (tertiary/aromatic N) is 3. The van der Waals surface area contributed by atoms with Crippen LogP contribution < -0.4 is 10.9 Å². The summed E-state index contributed by atoms with van der Waals surface area (Å²) in [5.74, 6) is -0.394. The molecule has 3 aromatic rings. The van der Waals surface area contributed by atoms with Gasteiger partial charge in [-0.1, -0.05) is 63.4 Å². The van der Waals surface area contributed by atoms with Gasteiger partial charge in [-0.15, -0.1) is 0 Å². The van der Waals surface area contributed by atoms with Gasteiger partial charge in [-0.05, 0) is 59.7 Å². The molecule has 0 bridgehead atoms. The number of halogens is 3. The molecule has 0 aliphatic rings. The van der Waals surface area contributed by atoms with Crippen molar-refractivity contribution in [3.05, 3.63) is 104 Å². The summed E-state index contributed by atoms with van der Waals surface area (Å²) in [6, 6.07) is 21.1. The van der Waals surface area contributed by atoms with Crippen molar-refractivity contribution in [2.75, 3.05) is 0 Å². The van der Waals surface area contributed by atoms with Crippen LogP contribution in [0.15, 0.2) is 92.5 Å². The van der Waals surface area contributed by atoms with E-state index in [1.54, 1.807) is 61.0 Å². The number of hydrogen-bond acceptors (Lipinski definition) is 3. The first-order valence-corrected chi connectivity index (χ1v) is 10.5. The lowest BCUT2D eigenvalue weighted by molar-refractivity contribution is 0.100. The van der Waals surface area contributed by atoms with Crippen molar-refractivity contribution < 1.29 is 4.79 Å². The maximum Gasteiger partial charge on any atom is 0.280 e. The number of hydrazone groups is 2. The van der Waals surface area contributed by atoms with Gasteiger partial charge in [0.05, 0.1) is 12.4 Å². The van der Waals surface area contributed by atoms with Gasteiger partial charge in [0.25, 0.3) is 5.91 Å². The van der Waals surface area contributed by atoms with Gasteiger partial charge < -0.3 is 0 Å². The fourth-order valence-corrected chi connectivity index (χ4v) is 2.78. The molecule has 0 radical (unpaired) electrons. The zero-order valence-electron chi connectivity index (χ0n) is 16.0. The third-order valence-corrected chi connectivity index (χ3v) is 4.85. The van der Waals surface area contributed by atoms with Crippen molar-refractivity contribution in [1.29, 1.82) is 0 Å². The predicted octanol–water partition coefficient (Wildman–Crippen LogP) is 5.50. The van der Waals surface area contributed by atoms with Gasteiger partial charge in [-0.3, -0.25) is 4.79 Å². The summed E-state index contributed by atoms with van der Waals surface area (Å²) in [7, 11) is 0.